The lowest BCUT2D eigenvalue weighted by Crippen LogP contribution is -2.29. The Morgan fingerprint density at radius 3 is 2.47 bits per heavy atom. The van der Waals surface area contributed by atoms with Crippen LogP contribution in [0.1, 0.15) is 12.5 Å². The van der Waals surface area contributed by atoms with Crippen molar-refractivity contribution >= 4 is 5.78 Å². The van der Waals surface area contributed by atoms with Gasteiger partial charge in [-0.05, 0) is 5.56 Å². The first-order valence-corrected chi connectivity index (χ1v) is 5.00. The number of carbonyl (C=O) groups is 1. The number of carbonyl (C=O) groups excluding carboxylic acids is 1. The third kappa shape index (κ3) is 3.46. The third-order valence-electron chi connectivity index (χ3n) is 2.49. The minimum Gasteiger partial charge on any atom is -0.394 e. The maximum atomic E-state index is 11.6. The minimum atomic E-state index is -0.957. The third-order valence-corrected chi connectivity index (χ3v) is 2.49. The molecule has 0 saturated heterocycles. The van der Waals surface area contributed by atoms with E-state index in [-0.39, 0.29) is 12.4 Å². The minimum absolute atomic E-state index is 0.0530. The fourth-order valence-corrected chi connectivity index (χ4v) is 1.33. The summed E-state index contributed by atoms with van der Waals surface area (Å²) < 4.78 is 0. The summed E-state index contributed by atoms with van der Waals surface area (Å²) in [5.74, 6) is -0.571. The summed E-state index contributed by atoms with van der Waals surface area (Å²) >= 11 is 0. The molecule has 0 spiro atoms. The van der Waals surface area contributed by atoms with Crippen molar-refractivity contribution in [3.63, 3.8) is 0 Å². The van der Waals surface area contributed by atoms with E-state index in [9.17, 15) is 9.90 Å². The molecule has 0 aliphatic rings. The number of hydrogen-bond acceptors (Lipinski definition) is 3. The van der Waals surface area contributed by atoms with Crippen LogP contribution in [0, 0.1) is 5.92 Å². The molecule has 15 heavy (non-hydrogen) atoms. The first-order valence-electron chi connectivity index (χ1n) is 5.00. The van der Waals surface area contributed by atoms with Gasteiger partial charge in [-0.25, -0.2) is 0 Å². The smallest absolute Gasteiger partial charge is 0.142 e. The van der Waals surface area contributed by atoms with E-state index in [0.29, 0.717) is 6.42 Å². The maximum Gasteiger partial charge on any atom is 0.142 e. The van der Waals surface area contributed by atoms with Gasteiger partial charge in [-0.1, -0.05) is 37.3 Å². The first kappa shape index (κ1) is 11.9. The van der Waals surface area contributed by atoms with Crippen LogP contribution in [0.4, 0.5) is 0 Å². The van der Waals surface area contributed by atoms with Gasteiger partial charge in [0.05, 0.1) is 12.7 Å². The van der Waals surface area contributed by atoms with Crippen LogP contribution in [0.2, 0.25) is 0 Å². The van der Waals surface area contributed by atoms with Gasteiger partial charge in [0.25, 0.3) is 0 Å². The summed E-state index contributed by atoms with van der Waals surface area (Å²) in [4.78, 5) is 11.6. The quantitative estimate of drug-likeness (QED) is 0.752. The van der Waals surface area contributed by atoms with Crippen LogP contribution in [-0.2, 0) is 11.2 Å². The Hall–Kier alpha value is -1.19. The lowest BCUT2D eigenvalue weighted by atomic mass is 9.95. The van der Waals surface area contributed by atoms with Crippen LogP contribution < -0.4 is 0 Å². The largest absolute Gasteiger partial charge is 0.394 e. The Bertz CT molecular complexity index is 308. The monoisotopic (exact) mass is 208 g/mol. The molecule has 3 heteroatoms. The molecule has 0 amide bonds. The molecule has 2 N–H and O–H groups in total. The molecule has 0 aromatic heterocycles. The Morgan fingerprint density at radius 2 is 1.93 bits per heavy atom. The Labute approximate surface area is 89.4 Å². The highest BCUT2D eigenvalue weighted by molar-refractivity contribution is 5.83. The standard InChI is InChI=1S/C12H16O3/c1-9(12(15)8-13)11(14)7-10-5-3-2-4-6-10/h2-6,9,12-13,15H,7-8H2,1H3. The molecule has 2 atom stereocenters. The zero-order chi connectivity index (χ0) is 11.3. The zero-order valence-electron chi connectivity index (χ0n) is 8.76. The van der Waals surface area contributed by atoms with Crippen molar-refractivity contribution in [1.29, 1.82) is 0 Å². The molecule has 0 aliphatic carbocycles. The fraction of sp³-hybridized carbons (Fsp3) is 0.417. The topological polar surface area (TPSA) is 57.5 Å². The summed E-state index contributed by atoms with van der Waals surface area (Å²) in [6.45, 7) is 1.26. The van der Waals surface area contributed by atoms with Gasteiger partial charge in [0.15, 0.2) is 0 Å². The summed E-state index contributed by atoms with van der Waals surface area (Å²) in [6.07, 6.45) is -0.653. The molecular formula is C12H16O3. The predicted molar refractivity (Wildman–Crippen MR) is 57.4 cm³/mol. The average Bonchev–Trinajstić information content (AvgIpc) is 2.28. The van der Waals surface area contributed by atoms with Gasteiger partial charge < -0.3 is 10.2 Å². The van der Waals surface area contributed by atoms with E-state index in [1.165, 1.54) is 0 Å². The van der Waals surface area contributed by atoms with Crippen molar-refractivity contribution in [3.8, 4) is 0 Å². The van der Waals surface area contributed by atoms with E-state index in [2.05, 4.69) is 0 Å². The van der Waals surface area contributed by atoms with Crippen molar-refractivity contribution in [2.45, 2.75) is 19.4 Å². The second-order valence-corrected chi connectivity index (χ2v) is 3.67. The normalized spacial score (nSPS) is 14.6. The van der Waals surface area contributed by atoms with Crippen LogP contribution in [0.5, 0.6) is 0 Å². The van der Waals surface area contributed by atoms with Crippen LogP contribution in [0.15, 0.2) is 30.3 Å². The van der Waals surface area contributed by atoms with Gasteiger partial charge in [-0.3, -0.25) is 4.79 Å². The van der Waals surface area contributed by atoms with E-state index in [1.54, 1.807) is 6.92 Å². The second kappa shape index (κ2) is 5.63. The summed E-state index contributed by atoms with van der Waals surface area (Å²) in [7, 11) is 0. The second-order valence-electron chi connectivity index (χ2n) is 3.67. The Balaban J connectivity index is 2.56. The molecule has 0 aliphatic heterocycles. The molecule has 0 radical (unpaired) electrons. The van der Waals surface area contributed by atoms with Crippen molar-refractivity contribution in [1.82, 2.24) is 0 Å². The molecule has 0 heterocycles. The highest BCUT2D eigenvalue weighted by atomic mass is 16.3. The van der Waals surface area contributed by atoms with Gasteiger partial charge in [0, 0.05) is 12.3 Å². The SMILES string of the molecule is CC(C(=O)Cc1ccccc1)C(O)CO. The van der Waals surface area contributed by atoms with Crippen molar-refractivity contribution in [2.24, 2.45) is 5.92 Å². The van der Waals surface area contributed by atoms with Crippen molar-refractivity contribution in [2.75, 3.05) is 6.61 Å². The summed E-state index contributed by atoms with van der Waals surface area (Å²) in [6, 6.07) is 9.37. The van der Waals surface area contributed by atoms with Crippen LogP contribution in [0.3, 0.4) is 0 Å². The fourth-order valence-electron chi connectivity index (χ4n) is 1.33. The number of benzene rings is 1. The van der Waals surface area contributed by atoms with Crippen LogP contribution in [-0.4, -0.2) is 28.7 Å². The Kier molecular flexibility index (Phi) is 4.46. The molecule has 1 aromatic rings. The molecule has 0 saturated carbocycles. The van der Waals surface area contributed by atoms with Gasteiger partial charge in [-0.2, -0.15) is 0 Å². The molecular weight excluding hydrogens is 192 g/mol. The summed E-state index contributed by atoms with van der Waals surface area (Å²) in [5.41, 5.74) is 0.930. The molecule has 1 rings (SSSR count). The Morgan fingerprint density at radius 1 is 1.33 bits per heavy atom. The van der Waals surface area contributed by atoms with Crippen LogP contribution in [0.25, 0.3) is 0 Å². The first-order chi connectivity index (χ1) is 7.15. The molecule has 3 nitrogen and oxygen atoms in total. The van der Waals surface area contributed by atoms with E-state index in [0.717, 1.165) is 5.56 Å². The van der Waals surface area contributed by atoms with Crippen molar-refractivity contribution < 1.29 is 15.0 Å². The van der Waals surface area contributed by atoms with Gasteiger partial charge in [0.1, 0.15) is 5.78 Å². The zero-order valence-corrected chi connectivity index (χ0v) is 8.76. The highest BCUT2D eigenvalue weighted by Gasteiger charge is 2.20. The average molecular weight is 208 g/mol. The van der Waals surface area contributed by atoms with E-state index in [1.807, 2.05) is 30.3 Å². The van der Waals surface area contributed by atoms with E-state index < -0.39 is 12.0 Å². The van der Waals surface area contributed by atoms with Gasteiger partial charge in [-0.15, -0.1) is 0 Å². The number of ketones is 1. The lowest BCUT2D eigenvalue weighted by molar-refractivity contribution is -0.125. The molecule has 82 valence electrons. The predicted octanol–water partition coefficient (Wildman–Crippen LogP) is 0.788. The van der Waals surface area contributed by atoms with E-state index in [4.69, 9.17) is 5.11 Å². The van der Waals surface area contributed by atoms with Gasteiger partial charge in [0.2, 0.25) is 0 Å². The molecule has 1 aromatic carbocycles. The van der Waals surface area contributed by atoms with E-state index >= 15 is 0 Å². The van der Waals surface area contributed by atoms with Gasteiger partial charge >= 0.3 is 0 Å². The number of aliphatic hydroxyl groups is 2. The van der Waals surface area contributed by atoms with Crippen molar-refractivity contribution in [3.05, 3.63) is 35.9 Å². The highest BCUT2D eigenvalue weighted by Crippen LogP contribution is 2.09. The number of aliphatic hydroxyl groups excluding tert-OH is 2. The number of Topliss-reactive ketones (excluding diaryl/α,β-unsaturated/α-hetero) is 1. The number of rotatable bonds is 5. The maximum absolute atomic E-state index is 11.6. The lowest BCUT2D eigenvalue weighted by Gasteiger charge is -2.15. The molecule has 0 bridgehead atoms. The summed E-state index contributed by atoms with van der Waals surface area (Å²) in [5, 5.41) is 18.0. The molecule has 0 fully saturated rings. The van der Waals surface area contributed by atoms with Crippen LogP contribution >= 0.6 is 0 Å². The molecule has 2 unspecified atom stereocenters. The number of hydrogen-bond donors (Lipinski definition) is 2.